The molecule has 11 nitrogen and oxygen atoms in total. The van der Waals surface area contributed by atoms with E-state index >= 15 is 0 Å². The lowest BCUT2D eigenvalue weighted by atomic mass is 9.94. The van der Waals surface area contributed by atoms with Gasteiger partial charge in [-0.1, -0.05) is 11.6 Å². The number of nitrogens with two attached hydrogens (primary N) is 1. The number of rotatable bonds is 6. The lowest BCUT2D eigenvalue weighted by Crippen LogP contribution is -2.53. The Balaban J connectivity index is 1.13. The molecule has 4 rings (SSSR count). The van der Waals surface area contributed by atoms with Gasteiger partial charge in [-0.15, -0.1) is 0 Å². The number of amides is 4. The molecule has 1 aromatic carbocycles. The van der Waals surface area contributed by atoms with Crippen LogP contribution in [-0.2, 0) is 4.74 Å². The van der Waals surface area contributed by atoms with Crippen molar-refractivity contribution in [2.45, 2.75) is 77.0 Å². The highest BCUT2D eigenvalue weighted by atomic mass is 35.5. The quantitative estimate of drug-likeness (QED) is 0.418. The Hall–Kier alpha value is -2.92. The van der Waals surface area contributed by atoms with Crippen molar-refractivity contribution in [3.8, 4) is 5.75 Å². The zero-order chi connectivity index (χ0) is 30.4. The van der Waals surface area contributed by atoms with E-state index in [-0.39, 0.29) is 24.0 Å². The third-order valence-electron chi connectivity index (χ3n) is 8.37. The zero-order valence-corrected chi connectivity index (χ0v) is 26.2. The SMILES string of the molecule is COc1cc(N)c(Cl)cc1C(=O)NC1CCN(CC2CCN(C(=O)N3CCC(NC(=O)OC(C)(C)C)CC3)CC2)CC1. The molecule has 1 aromatic rings. The molecule has 0 spiro atoms. The summed E-state index contributed by atoms with van der Waals surface area (Å²) >= 11 is 6.14. The number of methoxy groups -OCH3 is 1. The number of nitrogen functional groups attached to an aromatic ring is 1. The van der Waals surface area contributed by atoms with E-state index in [4.69, 9.17) is 26.8 Å². The first kappa shape index (κ1) is 32.0. The van der Waals surface area contributed by atoms with Gasteiger partial charge in [-0.25, -0.2) is 9.59 Å². The second-order valence-electron chi connectivity index (χ2n) is 12.7. The van der Waals surface area contributed by atoms with Gasteiger partial charge < -0.3 is 40.5 Å². The van der Waals surface area contributed by atoms with Crippen LogP contribution in [-0.4, -0.2) is 103 Å². The fourth-order valence-corrected chi connectivity index (χ4v) is 6.16. The van der Waals surface area contributed by atoms with E-state index < -0.39 is 11.7 Å². The molecule has 3 saturated heterocycles. The van der Waals surface area contributed by atoms with Gasteiger partial charge in [0, 0.05) is 64.0 Å². The third kappa shape index (κ3) is 8.80. The molecule has 3 fully saturated rings. The molecule has 0 aromatic heterocycles. The van der Waals surface area contributed by atoms with Crippen molar-refractivity contribution in [3.05, 3.63) is 22.7 Å². The number of hydrogen-bond acceptors (Lipinski definition) is 7. The third-order valence-corrected chi connectivity index (χ3v) is 8.70. The first-order chi connectivity index (χ1) is 19.9. The van der Waals surface area contributed by atoms with Crippen LogP contribution in [0.15, 0.2) is 12.1 Å². The van der Waals surface area contributed by atoms with Gasteiger partial charge in [-0.05, 0) is 71.3 Å². The topological polar surface area (TPSA) is 129 Å². The summed E-state index contributed by atoms with van der Waals surface area (Å²) < 4.78 is 10.7. The number of anilines is 1. The number of carbonyl (C=O) groups is 3. The summed E-state index contributed by atoms with van der Waals surface area (Å²) in [5.41, 5.74) is 6.09. The van der Waals surface area contributed by atoms with Crippen molar-refractivity contribution >= 4 is 35.3 Å². The number of nitrogens with zero attached hydrogens (tertiary/aromatic N) is 3. The standard InChI is InChI=1S/C30H47ClN6O5/c1-30(2,3)42-28(39)34-22-9-15-37(16-10-22)29(40)36-13-5-20(6-14-36)19-35-11-7-21(8-12-35)33-27(38)23-17-24(31)25(32)18-26(23)41-4/h17-18,20-22H,5-16,19,32H2,1-4H3,(H,33,38)(H,34,39). The molecule has 42 heavy (non-hydrogen) atoms. The van der Waals surface area contributed by atoms with Crippen molar-refractivity contribution in [2.75, 3.05) is 58.7 Å². The Morgan fingerprint density at radius 2 is 1.45 bits per heavy atom. The number of ether oxygens (including phenoxy) is 2. The minimum Gasteiger partial charge on any atom is -0.496 e. The monoisotopic (exact) mass is 606 g/mol. The molecule has 0 aliphatic carbocycles. The average Bonchev–Trinajstić information content (AvgIpc) is 2.94. The summed E-state index contributed by atoms with van der Waals surface area (Å²) in [4.78, 5) is 44.5. The Morgan fingerprint density at radius 3 is 2.02 bits per heavy atom. The molecule has 3 heterocycles. The molecule has 0 bridgehead atoms. The van der Waals surface area contributed by atoms with Gasteiger partial charge in [0.25, 0.3) is 5.91 Å². The summed E-state index contributed by atoms with van der Waals surface area (Å²) in [5.74, 6) is 0.772. The number of halogens is 1. The number of likely N-dealkylation sites (tertiary alicyclic amines) is 3. The Labute approximate surface area is 254 Å². The first-order valence-corrected chi connectivity index (χ1v) is 15.5. The van der Waals surface area contributed by atoms with Gasteiger partial charge in [0.2, 0.25) is 0 Å². The molecular weight excluding hydrogens is 560 g/mol. The van der Waals surface area contributed by atoms with Crippen LogP contribution in [0.4, 0.5) is 15.3 Å². The van der Waals surface area contributed by atoms with Gasteiger partial charge in [-0.3, -0.25) is 4.79 Å². The van der Waals surface area contributed by atoms with Gasteiger partial charge in [-0.2, -0.15) is 0 Å². The summed E-state index contributed by atoms with van der Waals surface area (Å²) in [7, 11) is 1.51. The van der Waals surface area contributed by atoms with Crippen LogP contribution in [0.1, 0.15) is 69.7 Å². The smallest absolute Gasteiger partial charge is 0.407 e. The molecule has 0 saturated carbocycles. The zero-order valence-electron chi connectivity index (χ0n) is 25.4. The van der Waals surface area contributed by atoms with Gasteiger partial charge in [0.1, 0.15) is 11.4 Å². The molecule has 3 aliphatic rings. The van der Waals surface area contributed by atoms with Gasteiger partial charge in [0.05, 0.1) is 23.4 Å². The maximum absolute atomic E-state index is 13.1. The summed E-state index contributed by atoms with van der Waals surface area (Å²) in [5, 5.41) is 6.40. The van der Waals surface area contributed by atoms with Crippen molar-refractivity contribution in [3.63, 3.8) is 0 Å². The Bertz CT molecular complexity index is 1100. The van der Waals surface area contributed by atoms with E-state index in [1.807, 2.05) is 30.6 Å². The maximum atomic E-state index is 13.1. The number of hydrogen-bond donors (Lipinski definition) is 3. The molecule has 3 aliphatic heterocycles. The predicted molar refractivity (Wildman–Crippen MR) is 163 cm³/mol. The highest BCUT2D eigenvalue weighted by Crippen LogP contribution is 2.29. The molecule has 4 amide bonds. The Kier molecular flexibility index (Phi) is 10.7. The number of carbonyl (C=O) groups excluding carboxylic acids is 3. The number of alkyl carbamates (subject to hydrolysis) is 1. The second kappa shape index (κ2) is 14.0. The number of benzene rings is 1. The van der Waals surface area contributed by atoms with Gasteiger partial charge >= 0.3 is 12.1 Å². The van der Waals surface area contributed by atoms with E-state index in [0.717, 1.165) is 71.2 Å². The van der Waals surface area contributed by atoms with Crippen LogP contribution < -0.4 is 21.1 Å². The van der Waals surface area contributed by atoms with E-state index in [1.54, 1.807) is 12.1 Å². The molecule has 12 heteroatoms. The van der Waals surface area contributed by atoms with E-state index in [0.29, 0.717) is 41.0 Å². The van der Waals surface area contributed by atoms with E-state index in [1.165, 1.54) is 7.11 Å². The summed E-state index contributed by atoms with van der Waals surface area (Å²) in [6.45, 7) is 11.3. The predicted octanol–water partition coefficient (Wildman–Crippen LogP) is 3.95. The fourth-order valence-electron chi connectivity index (χ4n) is 6.00. The lowest BCUT2D eigenvalue weighted by Gasteiger charge is -2.40. The highest BCUT2D eigenvalue weighted by Gasteiger charge is 2.31. The van der Waals surface area contributed by atoms with Crippen molar-refractivity contribution < 1.29 is 23.9 Å². The minimum absolute atomic E-state index is 0.0335. The lowest BCUT2D eigenvalue weighted by molar-refractivity contribution is 0.0480. The van der Waals surface area contributed by atoms with E-state index in [2.05, 4.69) is 15.5 Å². The molecule has 0 atom stereocenters. The number of nitrogens with one attached hydrogen (secondary N) is 2. The molecular formula is C30H47ClN6O5. The van der Waals surface area contributed by atoms with Crippen LogP contribution in [0.5, 0.6) is 5.75 Å². The highest BCUT2D eigenvalue weighted by molar-refractivity contribution is 6.33. The van der Waals surface area contributed by atoms with Crippen LogP contribution in [0.2, 0.25) is 5.02 Å². The van der Waals surface area contributed by atoms with Crippen molar-refractivity contribution in [1.82, 2.24) is 25.3 Å². The minimum atomic E-state index is -0.523. The van der Waals surface area contributed by atoms with E-state index in [9.17, 15) is 14.4 Å². The average molecular weight is 607 g/mol. The molecule has 4 N–H and O–H groups in total. The fraction of sp³-hybridized carbons (Fsp3) is 0.700. The second-order valence-corrected chi connectivity index (χ2v) is 13.2. The number of urea groups is 1. The molecule has 0 unspecified atom stereocenters. The van der Waals surface area contributed by atoms with Crippen LogP contribution in [0.25, 0.3) is 0 Å². The normalized spacial score (nSPS) is 19.8. The number of piperidine rings is 3. The largest absolute Gasteiger partial charge is 0.496 e. The first-order valence-electron chi connectivity index (χ1n) is 15.1. The van der Waals surface area contributed by atoms with Crippen LogP contribution in [0.3, 0.4) is 0 Å². The van der Waals surface area contributed by atoms with Crippen LogP contribution in [0, 0.1) is 5.92 Å². The summed E-state index contributed by atoms with van der Waals surface area (Å²) in [6.07, 6.45) is 4.83. The van der Waals surface area contributed by atoms with Crippen molar-refractivity contribution in [2.24, 2.45) is 5.92 Å². The van der Waals surface area contributed by atoms with Crippen molar-refractivity contribution in [1.29, 1.82) is 0 Å². The maximum Gasteiger partial charge on any atom is 0.407 e. The Morgan fingerprint density at radius 1 is 0.905 bits per heavy atom. The summed E-state index contributed by atoms with van der Waals surface area (Å²) in [6, 6.07) is 3.37. The molecule has 0 radical (unpaired) electrons. The van der Waals surface area contributed by atoms with Crippen LogP contribution >= 0.6 is 11.6 Å². The molecule has 234 valence electrons. The van der Waals surface area contributed by atoms with Gasteiger partial charge in [0.15, 0.2) is 0 Å².